The van der Waals surface area contributed by atoms with Crippen LogP contribution in [0.15, 0.2) is 29.3 Å². The van der Waals surface area contributed by atoms with Gasteiger partial charge in [0.2, 0.25) is 0 Å². The first-order valence-electron chi connectivity index (χ1n) is 12.1. The third kappa shape index (κ3) is 2.88. The van der Waals surface area contributed by atoms with Gasteiger partial charge < -0.3 is 19.7 Å². The van der Waals surface area contributed by atoms with Crippen LogP contribution >= 0.6 is 0 Å². The number of Topliss-reactive ketones (excluding diaryl/α,β-unsaturated/α-hetero) is 1. The normalized spacial score (nSPS) is 42.0. The molecule has 4 aliphatic carbocycles. The van der Waals surface area contributed by atoms with Gasteiger partial charge in [0, 0.05) is 24.2 Å². The molecule has 0 saturated heterocycles. The molecule has 0 bridgehead atoms. The van der Waals surface area contributed by atoms with Crippen LogP contribution in [0.5, 0.6) is 11.5 Å². The summed E-state index contributed by atoms with van der Waals surface area (Å²) in [5.74, 6) is 2.68. The summed E-state index contributed by atoms with van der Waals surface area (Å²) < 4.78 is 36.7. The van der Waals surface area contributed by atoms with Crippen LogP contribution < -0.4 is 9.47 Å². The summed E-state index contributed by atoms with van der Waals surface area (Å²) in [6.07, 6.45) is 6.17. The second kappa shape index (κ2) is 6.83. The lowest BCUT2D eigenvalue weighted by molar-refractivity contribution is -0.286. The van der Waals surface area contributed by atoms with Crippen LogP contribution in [0.4, 0.5) is 8.78 Å². The lowest BCUT2D eigenvalue weighted by Crippen LogP contribution is -2.53. The summed E-state index contributed by atoms with van der Waals surface area (Å²) in [5, 5.41) is 23.0. The third-order valence-corrected chi connectivity index (χ3v) is 9.46. The Balaban J connectivity index is 1.52. The van der Waals surface area contributed by atoms with Crippen molar-refractivity contribution in [3.8, 4) is 23.8 Å². The highest BCUT2D eigenvalue weighted by Gasteiger charge is 2.63. The first-order valence-corrected chi connectivity index (χ1v) is 12.1. The molecule has 3 fully saturated rings. The van der Waals surface area contributed by atoms with Gasteiger partial charge in [-0.2, -0.15) is 0 Å². The van der Waals surface area contributed by atoms with E-state index in [1.165, 1.54) is 6.07 Å². The van der Waals surface area contributed by atoms with Gasteiger partial charge in [-0.3, -0.25) is 4.79 Å². The van der Waals surface area contributed by atoms with Crippen LogP contribution in [-0.4, -0.2) is 33.5 Å². The molecule has 7 heteroatoms. The van der Waals surface area contributed by atoms with Crippen LogP contribution in [0.3, 0.4) is 0 Å². The van der Waals surface area contributed by atoms with E-state index in [1.54, 1.807) is 12.1 Å². The monoisotopic (exact) mass is 470 g/mol. The van der Waals surface area contributed by atoms with E-state index in [-0.39, 0.29) is 41.5 Å². The van der Waals surface area contributed by atoms with E-state index in [1.807, 2.05) is 6.92 Å². The lowest BCUT2D eigenvalue weighted by atomic mass is 9.50. The smallest absolute Gasteiger partial charge is 0.395 e. The van der Waals surface area contributed by atoms with Gasteiger partial charge in [-0.1, -0.05) is 24.5 Å². The van der Waals surface area contributed by atoms with Gasteiger partial charge >= 0.3 is 6.29 Å². The molecule has 1 aromatic rings. The second-order valence-corrected chi connectivity index (χ2v) is 11.0. The zero-order valence-electron chi connectivity index (χ0n) is 19.1. The number of hydrogen-bond acceptors (Lipinski definition) is 5. The van der Waals surface area contributed by atoms with Crippen LogP contribution in [0, 0.1) is 29.6 Å². The van der Waals surface area contributed by atoms with Gasteiger partial charge in [0.05, 0.1) is 5.60 Å². The van der Waals surface area contributed by atoms with E-state index in [0.29, 0.717) is 38.5 Å². The molecule has 3 saturated carbocycles. The van der Waals surface area contributed by atoms with E-state index in [0.717, 1.165) is 23.1 Å². The molecule has 0 radical (unpaired) electrons. The number of benzene rings is 1. The molecule has 6 atom stereocenters. The molecule has 1 aromatic carbocycles. The topological polar surface area (TPSA) is 76.0 Å². The van der Waals surface area contributed by atoms with E-state index in [9.17, 15) is 23.8 Å². The maximum Gasteiger partial charge on any atom is 0.586 e. The number of halogens is 2. The van der Waals surface area contributed by atoms with Gasteiger partial charge in [-0.15, -0.1) is 15.2 Å². The Morgan fingerprint density at radius 2 is 1.88 bits per heavy atom. The lowest BCUT2D eigenvalue weighted by Gasteiger charge is -2.55. The first kappa shape index (κ1) is 22.1. The summed E-state index contributed by atoms with van der Waals surface area (Å²) in [6.45, 7) is 2.05. The van der Waals surface area contributed by atoms with E-state index >= 15 is 0 Å². The number of alkyl halides is 2. The zero-order valence-corrected chi connectivity index (χ0v) is 19.1. The molecule has 0 spiro atoms. The number of ether oxygens (including phenoxy) is 2. The summed E-state index contributed by atoms with van der Waals surface area (Å²) in [7, 11) is 0. The van der Waals surface area contributed by atoms with Crippen molar-refractivity contribution in [2.24, 2.45) is 17.3 Å². The predicted octanol–water partition coefficient (Wildman–Crippen LogP) is 4.47. The molecule has 1 aliphatic heterocycles. The molecule has 34 heavy (non-hydrogen) atoms. The molecule has 2 N–H and O–H groups in total. The van der Waals surface area contributed by atoms with E-state index < -0.39 is 22.9 Å². The van der Waals surface area contributed by atoms with Crippen LogP contribution in [-0.2, 0) is 4.79 Å². The van der Waals surface area contributed by atoms with Gasteiger partial charge in [0.25, 0.3) is 0 Å². The molecule has 180 valence electrons. The predicted molar refractivity (Wildman–Crippen MR) is 118 cm³/mol. The Hall–Kier alpha value is -2.43. The van der Waals surface area contributed by atoms with E-state index in [4.69, 9.17) is 11.2 Å². The molecule has 0 aromatic heterocycles. The third-order valence-electron chi connectivity index (χ3n) is 9.46. The highest BCUT2D eigenvalue weighted by molar-refractivity contribution is 5.82. The van der Waals surface area contributed by atoms with Gasteiger partial charge in [-0.25, -0.2) is 0 Å². The number of carbonyl (C=O) groups excluding carboxylic acids is 1. The van der Waals surface area contributed by atoms with Crippen molar-refractivity contribution >= 4 is 5.78 Å². The number of terminal acetylenes is 1. The highest BCUT2D eigenvalue weighted by atomic mass is 19.3. The second-order valence-electron chi connectivity index (χ2n) is 11.0. The molecule has 0 amide bonds. The number of carbonyl (C=O) groups is 1. The molecule has 0 unspecified atom stereocenters. The largest absolute Gasteiger partial charge is 0.586 e. The first-order chi connectivity index (χ1) is 16.0. The summed E-state index contributed by atoms with van der Waals surface area (Å²) in [6, 6.07) is 4.83. The number of ketones is 1. The minimum absolute atomic E-state index is 0.0211. The molecule has 1 heterocycles. The van der Waals surface area contributed by atoms with Crippen molar-refractivity contribution in [3.63, 3.8) is 0 Å². The van der Waals surface area contributed by atoms with Crippen LogP contribution in [0.25, 0.3) is 0 Å². The van der Waals surface area contributed by atoms with Crippen LogP contribution in [0.2, 0.25) is 0 Å². The van der Waals surface area contributed by atoms with Crippen molar-refractivity contribution in [2.45, 2.75) is 81.7 Å². The summed E-state index contributed by atoms with van der Waals surface area (Å²) in [4.78, 5) is 12.2. The maximum absolute atomic E-state index is 13.7. The minimum Gasteiger partial charge on any atom is -0.395 e. The maximum atomic E-state index is 13.7. The number of allylic oxidation sites excluding steroid dienone is 1. The Kier molecular flexibility index (Phi) is 4.43. The van der Waals surface area contributed by atoms with Crippen molar-refractivity contribution in [1.29, 1.82) is 0 Å². The SMILES string of the molecule is C#C[C@]1(O)CC[C@H]2[C@@H]3CC[C@@]4(O)CC(=O)CCC4=C3[C@@H](c3ccc4c(c3)OC(F)(F)O4)C[C@@]21C. The van der Waals surface area contributed by atoms with Gasteiger partial charge in [0.15, 0.2) is 11.5 Å². The number of rotatable bonds is 1. The van der Waals surface area contributed by atoms with E-state index in [2.05, 4.69) is 10.7 Å². The molecule has 5 aliphatic rings. The minimum atomic E-state index is -3.71. The average Bonchev–Trinajstić information content (AvgIpc) is 3.23. The van der Waals surface area contributed by atoms with Gasteiger partial charge in [-0.05, 0) is 73.6 Å². The number of fused-ring (bicyclic) bond motifs is 5. The Bertz CT molecular complexity index is 1170. The fourth-order valence-corrected chi connectivity index (χ4v) is 7.82. The molecule has 5 nitrogen and oxygen atoms in total. The zero-order chi connectivity index (χ0) is 24.1. The Morgan fingerprint density at radius 1 is 1.12 bits per heavy atom. The highest BCUT2D eigenvalue weighted by Crippen LogP contribution is 2.67. The fourth-order valence-electron chi connectivity index (χ4n) is 7.82. The Morgan fingerprint density at radius 3 is 2.65 bits per heavy atom. The number of aliphatic hydroxyl groups is 2. The van der Waals surface area contributed by atoms with Crippen molar-refractivity contribution < 1.29 is 33.3 Å². The molecular formula is C27H28F2O5. The molecule has 6 rings (SSSR count). The fraction of sp³-hybridized carbons (Fsp3) is 0.593. The Labute approximate surface area is 197 Å². The quantitative estimate of drug-likeness (QED) is 0.468. The van der Waals surface area contributed by atoms with Crippen molar-refractivity contribution in [2.75, 3.05) is 0 Å². The summed E-state index contributed by atoms with van der Waals surface area (Å²) >= 11 is 0. The molecular weight excluding hydrogens is 442 g/mol. The number of hydrogen-bond donors (Lipinski definition) is 2. The summed E-state index contributed by atoms with van der Waals surface area (Å²) in [5.41, 5.74) is -0.185. The van der Waals surface area contributed by atoms with Gasteiger partial charge in [0.1, 0.15) is 11.4 Å². The van der Waals surface area contributed by atoms with Crippen molar-refractivity contribution in [3.05, 3.63) is 34.9 Å². The standard InChI is InChI=1S/C27H28F2O5/c1-3-26(32)11-9-19-17-8-10-25(31)13-16(30)5-6-20(25)23(17)18(14-24(19,26)2)15-4-7-21-22(12-15)34-27(28,29)33-21/h1,4,7,12,17-19,31-32H,5-6,8-11,13-14H2,2H3/t17-,18+,19-,24-,25+,26-/m0/s1. The average molecular weight is 471 g/mol. The van der Waals surface area contributed by atoms with Crippen molar-refractivity contribution in [1.82, 2.24) is 0 Å². The van der Waals surface area contributed by atoms with Crippen LogP contribution in [0.1, 0.15) is 69.8 Å².